The largest absolute Gasteiger partial charge is 0.379 e. The topological polar surface area (TPSA) is 72.2 Å². The molecule has 0 saturated heterocycles. The Balaban J connectivity index is 2.89. The predicted octanol–water partition coefficient (Wildman–Crippen LogP) is 0.828. The van der Waals surface area contributed by atoms with E-state index in [0.717, 1.165) is 19.4 Å². The zero-order chi connectivity index (χ0) is 14.7. The van der Waals surface area contributed by atoms with Crippen molar-refractivity contribution in [3.05, 3.63) is 0 Å². The summed E-state index contributed by atoms with van der Waals surface area (Å²) >= 11 is 0. The van der Waals surface area contributed by atoms with Gasteiger partial charge in [-0.3, -0.25) is 0 Å². The molecule has 0 spiro atoms. The number of ether oxygens (including phenoxy) is 5. The molecule has 0 bridgehead atoms. The Hall–Kier alpha value is -0.240. The Labute approximate surface area is 122 Å². The lowest BCUT2D eigenvalue weighted by molar-refractivity contribution is -0.0106. The highest BCUT2D eigenvalue weighted by Crippen LogP contribution is 1.88. The number of hydrogen-bond donors (Lipinski definition) is 1. The van der Waals surface area contributed by atoms with Crippen molar-refractivity contribution < 1.29 is 23.7 Å². The van der Waals surface area contributed by atoms with Crippen LogP contribution in [-0.4, -0.2) is 72.6 Å². The van der Waals surface area contributed by atoms with Crippen LogP contribution >= 0.6 is 0 Å². The summed E-state index contributed by atoms with van der Waals surface area (Å²) in [6.07, 6.45) is 2.27. The molecule has 0 aromatic rings. The van der Waals surface area contributed by atoms with Gasteiger partial charge in [-0.25, -0.2) is 0 Å². The first-order valence-corrected chi connectivity index (χ1v) is 7.50. The maximum Gasteiger partial charge on any atom is 0.0701 e. The third kappa shape index (κ3) is 17.8. The van der Waals surface area contributed by atoms with E-state index >= 15 is 0 Å². The van der Waals surface area contributed by atoms with Crippen molar-refractivity contribution in [1.82, 2.24) is 0 Å². The fourth-order valence-electron chi connectivity index (χ4n) is 1.31. The van der Waals surface area contributed by atoms with Crippen molar-refractivity contribution in [2.24, 2.45) is 5.73 Å². The summed E-state index contributed by atoms with van der Waals surface area (Å²) in [5.41, 5.74) is 5.28. The highest BCUT2D eigenvalue weighted by molar-refractivity contribution is 4.37. The van der Waals surface area contributed by atoms with Gasteiger partial charge in [0, 0.05) is 13.2 Å². The molecule has 0 unspecified atom stereocenters. The summed E-state index contributed by atoms with van der Waals surface area (Å²) in [5, 5.41) is 0. The van der Waals surface area contributed by atoms with E-state index in [1.54, 1.807) is 0 Å². The molecule has 0 heterocycles. The lowest BCUT2D eigenvalue weighted by Crippen LogP contribution is -2.14. The Kier molecular flexibility index (Phi) is 18.5. The van der Waals surface area contributed by atoms with Crippen LogP contribution in [0.2, 0.25) is 0 Å². The van der Waals surface area contributed by atoms with Crippen molar-refractivity contribution in [3.8, 4) is 0 Å². The van der Waals surface area contributed by atoms with Gasteiger partial charge in [0.15, 0.2) is 0 Å². The van der Waals surface area contributed by atoms with E-state index in [0.29, 0.717) is 66.0 Å². The Morgan fingerprint density at radius 2 is 0.900 bits per heavy atom. The van der Waals surface area contributed by atoms with Crippen LogP contribution in [0, 0.1) is 0 Å². The van der Waals surface area contributed by atoms with Gasteiger partial charge in [-0.2, -0.15) is 0 Å². The average molecular weight is 293 g/mol. The second-order valence-corrected chi connectivity index (χ2v) is 4.20. The van der Waals surface area contributed by atoms with Crippen molar-refractivity contribution in [1.29, 1.82) is 0 Å². The molecule has 0 aliphatic rings. The minimum Gasteiger partial charge on any atom is -0.379 e. The van der Waals surface area contributed by atoms with Crippen molar-refractivity contribution in [3.63, 3.8) is 0 Å². The molecule has 0 aromatic heterocycles. The fraction of sp³-hybridized carbons (Fsp3) is 1.00. The summed E-state index contributed by atoms with van der Waals surface area (Å²) in [4.78, 5) is 0. The number of unbranched alkanes of at least 4 members (excludes halogenated alkanes) is 1. The quantitative estimate of drug-likeness (QED) is 0.400. The zero-order valence-corrected chi connectivity index (χ0v) is 12.8. The van der Waals surface area contributed by atoms with Gasteiger partial charge in [-0.15, -0.1) is 0 Å². The van der Waals surface area contributed by atoms with Crippen LogP contribution in [-0.2, 0) is 23.7 Å². The summed E-state index contributed by atoms with van der Waals surface area (Å²) in [6.45, 7) is 8.88. The second-order valence-electron chi connectivity index (χ2n) is 4.20. The molecule has 0 atom stereocenters. The molecule has 122 valence electrons. The van der Waals surface area contributed by atoms with Gasteiger partial charge in [0.05, 0.1) is 59.5 Å². The van der Waals surface area contributed by atoms with Crippen molar-refractivity contribution in [2.75, 3.05) is 72.6 Å². The fourth-order valence-corrected chi connectivity index (χ4v) is 1.31. The molecule has 0 saturated carbocycles. The van der Waals surface area contributed by atoms with E-state index in [-0.39, 0.29) is 0 Å². The van der Waals surface area contributed by atoms with Crippen LogP contribution in [0.4, 0.5) is 0 Å². The van der Waals surface area contributed by atoms with Gasteiger partial charge in [-0.05, 0) is 6.42 Å². The monoisotopic (exact) mass is 293 g/mol. The first-order valence-electron chi connectivity index (χ1n) is 7.50. The standard InChI is InChI=1S/C14H31NO5/c1-2-3-5-16-7-9-18-11-13-20-14-12-19-10-8-17-6-4-15/h2-15H2,1H3. The highest BCUT2D eigenvalue weighted by atomic mass is 16.6. The van der Waals surface area contributed by atoms with Gasteiger partial charge in [0.2, 0.25) is 0 Å². The van der Waals surface area contributed by atoms with Crippen molar-refractivity contribution >= 4 is 0 Å². The lowest BCUT2D eigenvalue weighted by atomic mass is 10.4. The van der Waals surface area contributed by atoms with Crippen LogP contribution < -0.4 is 5.73 Å². The summed E-state index contributed by atoms with van der Waals surface area (Å²) in [5.74, 6) is 0. The molecule has 6 heteroatoms. The van der Waals surface area contributed by atoms with Gasteiger partial charge in [0.25, 0.3) is 0 Å². The molecule has 0 aliphatic heterocycles. The number of rotatable bonds is 17. The van der Waals surface area contributed by atoms with E-state index in [4.69, 9.17) is 29.4 Å². The Morgan fingerprint density at radius 1 is 0.550 bits per heavy atom. The Bertz CT molecular complexity index is 154. The van der Waals surface area contributed by atoms with Crippen molar-refractivity contribution in [2.45, 2.75) is 19.8 Å². The average Bonchev–Trinajstić information content (AvgIpc) is 2.47. The molecule has 0 amide bonds. The van der Waals surface area contributed by atoms with E-state index in [2.05, 4.69) is 6.92 Å². The molecule has 0 aromatic carbocycles. The maximum atomic E-state index is 5.37. The molecule has 0 fully saturated rings. The minimum atomic E-state index is 0.548. The number of nitrogens with two attached hydrogens (primary N) is 1. The first-order chi connectivity index (χ1) is 9.91. The zero-order valence-electron chi connectivity index (χ0n) is 12.8. The molecule has 0 radical (unpaired) electrons. The van der Waals surface area contributed by atoms with Crippen LogP contribution in [0.1, 0.15) is 19.8 Å². The molecule has 2 N–H and O–H groups in total. The van der Waals surface area contributed by atoms with E-state index in [9.17, 15) is 0 Å². The number of hydrogen-bond acceptors (Lipinski definition) is 6. The van der Waals surface area contributed by atoms with Crippen LogP contribution in [0.15, 0.2) is 0 Å². The third-order valence-corrected chi connectivity index (χ3v) is 2.39. The van der Waals surface area contributed by atoms with Crippen LogP contribution in [0.25, 0.3) is 0 Å². The normalized spacial score (nSPS) is 11.1. The summed E-state index contributed by atoms with van der Waals surface area (Å²) in [6, 6.07) is 0. The molecule has 0 rings (SSSR count). The SMILES string of the molecule is CCCCOCCOCCOCCOCCOCCN. The molecular formula is C14H31NO5. The van der Waals surface area contributed by atoms with Gasteiger partial charge in [-0.1, -0.05) is 13.3 Å². The van der Waals surface area contributed by atoms with E-state index < -0.39 is 0 Å². The van der Waals surface area contributed by atoms with Gasteiger partial charge in [0.1, 0.15) is 0 Å². The van der Waals surface area contributed by atoms with E-state index in [1.807, 2.05) is 0 Å². The van der Waals surface area contributed by atoms with Gasteiger partial charge < -0.3 is 29.4 Å². The second kappa shape index (κ2) is 18.8. The summed E-state index contributed by atoms with van der Waals surface area (Å²) in [7, 11) is 0. The van der Waals surface area contributed by atoms with Crippen LogP contribution in [0.5, 0.6) is 0 Å². The maximum absolute atomic E-state index is 5.37. The van der Waals surface area contributed by atoms with E-state index in [1.165, 1.54) is 0 Å². The van der Waals surface area contributed by atoms with Crippen LogP contribution in [0.3, 0.4) is 0 Å². The molecule has 6 nitrogen and oxygen atoms in total. The first kappa shape index (κ1) is 19.8. The minimum absolute atomic E-state index is 0.548. The highest BCUT2D eigenvalue weighted by Gasteiger charge is 1.93. The molecule has 20 heavy (non-hydrogen) atoms. The molecule has 0 aliphatic carbocycles. The predicted molar refractivity (Wildman–Crippen MR) is 78.1 cm³/mol. The third-order valence-electron chi connectivity index (χ3n) is 2.39. The Morgan fingerprint density at radius 3 is 1.25 bits per heavy atom. The summed E-state index contributed by atoms with van der Waals surface area (Å²) < 4.78 is 26.6. The molecular weight excluding hydrogens is 262 g/mol. The lowest BCUT2D eigenvalue weighted by Gasteiger charge is -2.07. The van der Waals surface area contributed by atoms with Gasteiger partial charge >= 0.3 is 0 Å². The smallest absolute Gasteiger partial charge is 0.0701 e.